The van der Waals surface area contributed by atoms with E-state index in [0.717, 1.165) is 17.5 Å². The van der Waals surface area contributed by atoms with Crippen LogP contribution in [0.3, 0.4) is 0 Å². The van der Waals surface area contributed by atoms with Crippen LogP contribution in [-0.2, 0) is 4.79 Å². The lowest BCUT2D eigenvalue weighted by molar-refractivity contribution is -0.121. The van der Waals surface area contributed by atoms with E-state index in [2.05, 4.69) is 5.32 Å². The fraction of sp³-hybridized carbons (Fsp3) is 0.357. The third-order valence-corrected chi connectivity index (χ3v) is 5.11. The van der Waals surface area contributed by atoms with Gasteiger partial charge in [0.2, 0.25) is 5.91 Å². The van der Waals surface area contributed by atoms with E-state index in [-0.39, 0.29) is 10.7 Å². The number of benzene rings is 1. The van der Waals surface area contributed by atoms with Gasteiger partial charge in [0.25, 0.3) is 0 Å². The fourth-order valence-corrected chi connectivity index (χ4v) is 2.31. The molecule has 0 bridgehead atoms. The van der Waals surface area contributed by atoms with E-state index in [1.165, 1.54) is 11.8 Å². The zero-order chi connectivity index (χ0) is 16.0. The molecule has 0 aliphatic carbocycles. The first kappa shape index (κ1) is 17.9. The Hall–Kier alpha value is -1.15. The van der Waals surface area contributed by atoms with Crippen LogP contribution in [0.2, 0.25) is 0 Å². The highest BCUT2D eigenvalue weighted by molar-refractivity contribution is 8.01. The van der Waals surface area contributed by atoms with Crippen molar-refractivity contribution >= 4 is 35.3 Å². The molecule has 0 radical (unpaired) electrons. The van der Waals surface area contributed by atoms with E-state index >= 15 is 0 Å². The van der Waals surface area contributed by atoms with Crippen LogP contribution in [0.4, 0.5) is 0 Å². The number of amides is 1. The summed E-state index contributed by atoms with van der Waals surface area (Å²) in [4.78, 5) is 12.2. The van der Waals surface area contributed by atoms with Crippen LogP contribution in [0.5, 0.6) is 0 Å². The molecule has 1 atom stereocenters. The second-order valence-corrected chi connectivity index (χ2v) is 7.11. The molecule has 0 aliphatic heterocycles. The first-order valence-electron chi connectivity index (χ1n) is 6.37. The molecule has 0 aliphatic rings. The Balaban J connectivity index is 2.95. The van der Waals surface area contributed by atoms with Crippen LogP contribution in [0, 0.1) is 0 Å². The topological polar surface area (TPSA) is 107 Å². The first-order valence-corrected chi connectivity index (χ1v) is 8.47. The maximum atomic E-state index is 12.2. The van der Waals surface area contributed by atoms with E-state index in [1.807, 2.05) is 50.4 Å². The predicted molar refractivity (Wildman–Crippen MR) is 93.0 cm³/mol. The molecule has 1 unspecified atom stereocenters. The Bertz CT molecular complexity index is 517. The molecule has 0 aromatic heterocycles. The fourth-order valence-electron chi connectivity index (χ4n) is 1.54. The largest absolute Gasteiger partial charge is 0.396 e. The highest BCUT2D eigenvalue weighted by atomic mass is 32.2. The minimum atomic E-state index is -0.668. The van der Waals surface area contributed by atoms with Gasteiger partial charge in [-0.1, -0.05) is 30.3 Å². The molecule has 0 saturated heterocycles. The average Bonchev–Trinajstić information content (AvgIpc) is 2.51. The smallest absolute Gasteiger partial charge is 0.243 e. The number of carbonyl (C=O) groups is 1. The zero-order valence-corrected chi connectivity index (χ0v) is 14.1. The summed E-state index contributed by atoms with van der Waals surface area (Å²) in [5, 5.41) is 8.74. The normalized spacial score (nSPS) is 14.3. The van der Waals surface area contributed by atoms with Crippen LogP contribution < -0.4 is 21.9 Å². The van der Waals surface area contributed by atoms with Gasteiger partial charge < -0.3 is 16.8 Å². The highest BCUT2D eigenvalue weighted by Gasteiger charge is 2.31. The van der Waals surface area contributed by atoms with Crippen molar-refractivity contribution in [2.24, 2.45) is 16.6 Å². The average molecular weight is 326 g/mol. The van der Waals surface area contributed by atoms with E-state index in [1.54, 1.807) is 0 Å². The molecule has 116 valence electrons. The molecule has 0 spiro atoms. The lowest BCUT2D eigenvalue weighted by Crippen LogP contribution is -2.51. The lowest BCUT2D eigenvalue weighted by atomic mass is 10.0. The summed E-state index contributed by atoms with van der Waals surface area (Å²) in [6, 6.07) is 8.66. The zero-order valence-electron chi connectivity index (χ0n) is 12.4. The van der Waals surface area contributed by atoms with Gasteiger partial charge in [-0.3, -0.25) is 9.93 Å². The van der Waals surface area contributed by atoms with Crippen LogP contribution in [0.25, 0.3) is 5.70 Å². The number of nitrogens with one attached hydrogen (secondary N) is 1. The van der Waals surface area contributed by atoms with Crippen molar-refractivity contribution in [1.29, 1.82) is 0 Å². The Morgan fingerprint density at radius 1 is 1.29 bits per heavy atom. The van der Waals surface area contributed by atoms with Crippen LogP contribution in [0.15, 0.2) is 35.4 Å². The minimum Gasteiger partial charge on any atom is -0.396 e. The van der Waals surface area contributed by atoms with E-state index in [9.17, 15) is 4.79 Å². The third kappa shape index (κ3) is 4.67. The third-order valence-electron chi connectivity index (χ3n) is 3.24. The quantitative estimate of drug-likeness (QED) is 0.590. The van der Waals surface area contributed by atoms with Crippen molar-refractivity contribution in [2.75, 3.05) is 6.26 Å². The molecule has 7 heteroatoms. The summed E-state index contributed by atoms with van der Waals surface area (Å²) >= 11 is 2.43. The molecule has 21 heavy (non-hydrogen) atoms. The van der Waals surface area contributed by atoms with Crippen LogP contribution in [-0.4, -0.2) is 23.0 Å². The Morgan fingerprint density at radius 3 is 2.33 bits per heavy atom. The van der Waals surface area contributed by atoms with Crippen molar-refractivity contribution in [1.82, 2.24) is 5.32 Å². The summed E-state index contributed by atoms with van der Waals surface area (Å²) < 4.78 is -0.379. The first-order chi connectivity index (χ1) is 9.83. The van der Waals surface area contributed by atoms with Gasteiger partial charge in [0.1, 0.15) is 5.03 Å². The summed E-state index contributed by atoms with van der Waals surface area (Å²) in [5.41, 5.74) is 13.3. The molecule has 1 amide bonds. The van der Waals surface area contributed by atoms with Gasteiger partial charge in [0, 0.05) is 10.3 Å². The van der Waals surface area contributed by atoms with E-state index in [4.69, 9.17) is 16.6 Å². The molecule has 0 heterocycles. The Morgan fingerprint density at radius 2 is 1.86 bits per heavy atom. The number of thioether (sulfide) groups is 1. The molecule has 0 fully saturated rings. The summed E-state index contributed by atoms with van der Waals surface area (Å²) in [6.45, 7) is 3.84. The standard InChI is InChI=1S/C14H22N4OS2/c1-14(2,20-3)11(16)12(19)18-13(21-17)10(15)9-7-5-4-6-8-9/h4-8,11H,15-17H2,1-3H3,(H,18,19)/b13-10-. The van der Waals surface area contributed by atoms with Gasteiger partial charge in [0.15, 0.2) is 0 Å². The maximum absolute atomic E-state index is 12.2. The second kappa shape index (κ2) is 7.74. The molecule has 1 aromatic rings. The Labute approximate surface area is 134 Å². The number of hydrogen-bond donors (Lipinski definition) is 4. The molecular formula is C14H22N4OS2. The van der Waals surface area contributed by atoms with Gasteiger partial charge in [-0.15, -0.1) is 0 Å². The molecule has 1 aromatic carbocycles. The number of nitrogens with two attached hydrogens (primary N) is 3. The SMILES string of the molecule is CSC(C)(C)C(N)C(=O)N/C(SN)=C(/N)c1ccccc1. The molecule has 0 saturated carbocycles. The molecular weight excluding hydrogens is 304 g/mol. The van der Waals surface area contributed by atoms with Gasteiger partial charge in [-0.2, -0.15) is 11.8 Å². The van der Waals surface area contributed by atoms with Crippen molar-refractivity contribution in [3.63, 3.8) is 0 Å². The Kier molecular flexibility index (Phi) is 6.60. The van der Waals surface area contributed by atoms with Crippen molar-refractivity contribution in [3.8, 4) is 0 Å². The monoisotopic (exact) mass is 326 g/mol. The van der Waals surface area contributed by atoms with Crippen molar-refractivity contribution < 1.29 is 4.79 Å². The lowest BCUT2D eigenvalue weighted by Gasteiger charge is -2.28. The number of carbonyl (C=O) groups excluding carboxylic acids is 1. The van der Waals surface area contributed by atoms with Gasteiger partial charge in [0.05, 0.1) is 11.7 Å². The summed E-state index contributed by atoms with van der Waals surface area (Å²) in [6.07, 6.45) is 1.92. The summed E-state index contributed by atoms with van der Waals surface area (Å²) in [5.74, 6) is -0.304. The van der Waals surface area contributed by atoms with Gasteiger partial charge in [-0.25, -0.2) is 0 Å². The minimum absolute atomic E-state index is 0.304. The molecule has 7 N–H and O–H groups in total. The van der Waals surface area contributed by atoms with Crippen LogP contribution in [0.1, 0.15) is 19.4 Å². The van der Waals surface area contributed by atoms with Crippen molar-refractivity contribution in [2.45, 2.75) is 24.6 Å². The van der Waals surface area contributed by atoms with E-state index in [0.29, 0.717) is 10.7 Å². The maximum Gasteiger partial charge on any atom is 0.243 e. The van der Waals surface area contributed by atoms with Gasteiger partial charge in [-0.05, 0) is 32.1 Å². The predicted octanol–water partition coefficient (Wildman–Crippen LogP) is 1.46. The second-order valence-electron chi connectivity index (χ2n) is 5.00. The number of rotatable bonds is 6. The summed E-state index contributed by atoms with van der Waals surface area (Å²) in [7, 11) is 0. The van der Waals surface area contributed by atoms with E-state index < -0.39 is 6.04 Å². The van der Waals surface area contributed by atoms with Crippen LogP contribution >= 0.6 is 23.7 Å². The molecule has 5 nitrogen and oxygen atoms in total. The highest BCUT2D eigenvalue weighted by Crippen LogP contribution is 2.25. The van der Waals surface area contributed by atoms with Gasteiger partial charge >= 0.3 is 0 Å². The van der Waals surface area contributed by atoms with Crippen molar-refractivity contribution in [3.05, 3.63) is 40.9 Å². The number of hydrogen-bond acceptors (Lipinski definition) is 6. The molecule has 1 rings (SSSR count).